The summed E-state index contributed by atoms with van der Waals surface area (Å²) in [5.41, 5.74) is -0.197. The zero-order valence-electron chi connectivity index (χ0n) is 11.6. The molecule has 2 rings (SSSR count). The summed E-state index contributed by atoms with van der Waals surface area (Å²) in [6.07, 6.45) is 1.03. The van der Waals surface area contributed by atoms with Crippen molar-refractivity contribution in [3.63, 3.8) is 0 Å². The van der Waals surface area contributed by atoms with Crippen LogP contribution in [0.3, 0.4) is 0 Å². The molecule has 0 unspecified atom stereocenters. The van der Waals surface area contributed by atoms with Crippen LogP contribution in [0.4, 0.5) is 10.7 Å². The molecule has 1 saturated heterocycles. The van der Waals surface area contributed by atoms with Crippen molar-refractivity contribution in [3.8, 4) is 0 Å². The van der Waals surface area contributed by atoms with Gasteiger partial charge >= 0.3 is 5.69 Å². The van der Waals surface area contributed by atoms with Gasteiger partial charge in [0.25, 0.3) is 0 Å². The van der Waals surface area contributed by atoms with Crippen molar-refractivity contribution < 1.29 is 18.1 Å². The molecule has 1 amide bonds. The van der Waals surface area contributed by atoms with E-state index in [0.717, 1.165) is 23.7 Å². The highest BCUT2D eigenvalue weighted by molar-refractivity contribution is 7.92. The Bertz CT molecular complexity index is 674. The molecule has 0 N–H and O–H groups in total. The predicted molar refractivity (Wildman–Crippen MR) is 78.6 cm³/mol. The Morgan fingerprint density at radius 2 is 1.90 bits per heavy atom. The maximum absolute atomic E-state index is 11.6. The van der Waals surface area contributed by atoms with Crippen molar-refractivity contribution in [2.24, 2.45) is 0 Å². The third-order valence-corrected chi connectivity index (χ3v) is 6.23. The van der Waals surface area contributed by atoms with E-state index >= 15 is 0 Å². The normalized spacial score (nSPS) is 16.1. The third kappa shape index (κ3) is 3.32. The molecule has 0 aliphatic carbocycles. The van der Waals surface area contributed by atoms with Gasteiger partial charge in [0.05, 0.1) is 4.92 Å². The molecule has 0 saturated carbocycles. The van der Waals surface area contributed by atoms with Gasteiger partial charge in [-0.1, -0.05) is 11.3 Å². The fourth-order valence-electron chi connectivity index (χ4n) is 2.11. The van der Waals surface area contributed by atoms with Crippen LogP contribution >= 0.6 is 11.3 Å². The van der Waals surface area contributed by atoms with Gasteiger partial charge in [-0.05, 0) is 0 Å². The summed E-state index contributed by atoms with van der Waals surface area (Å²) in [4.78, 5) is 25.2. The highest BCUT2D eigenvalue weighted by Gasteiger charge is 2.29. The molecule has 0 atom stereocenters. The molecule has 0 bridgehead atoms. The van der Waals surface area contributed by atoms with Crippen molar-refractivity contribution in [1.29, 1.82) is 0 Å². The largest absolute Gasteiger partial charge is 0.354 e. The van der Waals surface area contributed by atoms with E-state index in [1.165, 1.54) is 6.92 Å². The number of nitrogens with zero attached hydrogens (tertiary/aromatic N) is 3. The molecule has 0 radical (unpaired) electrons. The molecule has 1 aliphatic heterocycles. The molecule has 1 aromatic rings. The Kier molecular flexibility index (Phi) is 4.19. The lowest BCUT2D eigenvalue weighted by Gasteiger charge is -2.34. The number of hydrogen-bond donors (Lipinski definition) is 0. The van der Waals surface area contributed by atoms with Crippen molar-refractivity contribution in [2.75, 3.05) is 37.3 Å². The second-order valence-corrected chi connectivity index (χ2v) is 8.05. The van der Waals surface area contributed by atoms with E-state index in [2.05, 4.69) is 0 Å². The molecule has 2 heterocycles. The number of thiophene rings is 1. The highest BCUT2D eigenvalue weighted by atomic mass is 32.2. The van der Waals surface area contributed by atoms with Crippen molar-refractivity contribution >= 4 is 37.8 Å². The van der Waals surface area contributed by atoms with Gasteiger partial charge in [0.1, 0.15) is 4.21 Å². The number of amides is 1. The van der Waals surface area contributed by atoms with Gasteiger partial charge < -0.3 is 9.80 Å². The SMILES string of the molecule is CC(=O)N1CCN(c2sc(S(C)(=O)=O)cc2[N+](=O)[O-])CC1. The van der Waals surface area contributed by atoms with E-state index in [0.29, 0.717) is 31.2 Å². The van der Waals surface area contributed by atoms with Gasteiger partial charge in [-0.3, -0.25) is 14.9 Å². The first-order valence-corrected chi connectivity index (χ1v) is 8.89. The smallest absolute Gasteiger partial charge is 0.305 e. The maximum atomic E-state index is 11.6. The summed E-state index contributed by atoms with van der Waals surface area (Å²) in [5, 5.41) is 11.4. The number of hydrogen-bond acceptors (Lipinski definition) is 7. The van der Waals surface area contributed by atoms with E-state index in [4.69, 9.17) is 0 Å². The zero-order valence-corrected chi connectivity index (χ0v) is 13.2. The molecule has 1 aliphatic rings. The minimum atomic E-state index is -3.48. The molecule has 21 heavy (non-hydrogen) atoms. The van der Waals surface area contributed by atoms with Crippen LogP contribution in [-0.4, -0.2) is 56.6 Å². The summed E-state index contributed by atoms with van der Waals surface area (Å²) in [6, 6.07) is 1.10. The first-order chi connectivity index (χ1) is 9.70. The zero-order chi connectivity index (χ0) is 15.8. The lowest BCUT2D eigenvalue weighted by atomic mass is 10.3. The number of carbonyl (C=O) groups excluding carboxylic acids is 1. The molecular formula is C11H15N3O5S2. The first kappa shape index (κ1) is 15.7. The van der Waals surface area contributed by atoms with Crippen LogP contribution in [-0.2, 0) is 14.6 Å². The molecular weight excluding hydrogens is 318 g/mol. The first-order valence-electron chi connectivity index (χ1n) is 6.19. The van der Waals surface area contributed by atoms with E-state index < -0.39 is 14.8 Å². The number of rotatable bonds is 3. The minimum absolute atomic E-state index is 0.0156. The number of carbonyl (C=O) groups is 1. The number of anilines is 1. The summed E-state index contributed by atoms with van der Waals surface area (Å²) in [5.74, 6) is -0.0350. The third-order valence-electron chi connectivity index (χ3n) is 3.25. The Labute approximate surface area is 126 Å². The lowest BCUT2D eigenvalue weighted by molar-refractivity contribution is -0.383. The number of nitro groups is 1. The Morgan fingerprint density at radius 3 is 2.33 bits per heavy atom. The van der Waals surface area contributed by atoms with Crippen LogP contribution in [0.5, 0.6) is 0 Å². The van der Waals surface area contributed by atoms with Gasteiger partial charge in [-0.2, -0.15) is 0 Å². The van der Waals surface area contributed by atoms with Crippen molar-refractivity contribution in [2.45, 2.75) is 11.1 Å². The average Bonchev–Trinajstić information content (AvgIpc) is 2.83. The van der Waals surface area contributed by atoms with Crippen LogP contribution in [0, 0.1) is 10.1 Å². The number of piperazine rings is 1. The summed E-state index contributed by atoms with van der Waals surface area (Å²) in [7, 11) is -3.48. The minimum Gasteiger partial charge on any atom is -0.354 e. The average molecular weight is 333 g/mol. The lowest BCUT2D eigenvalue weighted by Crippen LogP contribution is -2.48. The topological polar surface area (TPSA) is 101 Å². The molecule has 0 aromatic carbocycles. The van der Waals surface area contributed by atoms with Crippen LogP contribution < -0.4 is 4.90 Å². The second kappa shape index (κ2) is 5.60. The van der Waals surface area contributed by atoms with Gasteiger partial charge in [-0.15, -0.1) is 0 Å². The quantitative estimate of drug-likeness (QED) is 0.597. The molecule has 1 fully saturated rings. The monoisotopic (exact) mass is 333 g/mol. The standard InChI is InChI=1S/C11H15N3O5S2/c1-8(15)12-3-5-13(6-4-12)11-9(14(16)17)7-10(20-11)21(2,18)19/h7H,3-6H2,1-2H3. The molecule has 10 heteroatoms. The van der Waals surface area contributed by atoms with Gasteiger partial charge in [0.15, 0.2) is 14.8 Å². The van der Waals surface area contributed by atoms with Crippen LogP contribution in [0.25, 0.3) is 0 Å². The Balaban J connectivity index is 2.30. The summed E-state index contributed by atoms with van der Waals surface area (Å²) < 4.78 is 23.1. The van der Waals surface area contributed by atoms with Crippen LogP contribution in [0.1, 0.15) is 6.92 Å². The second-order valence-electron chi connectivity index (χ2n) is 4.78. The fraction of sp³-hybridized carbons (Fsp3) is 0.545. The van der Waals surface area contributed by atoms with E-state index in [9.17, 15) is 23.3 Å². The maximum Gasteiger partial charge on any atom is 0.305 e. The van der Waals surface area contributed by atoms with E-state index in [1.54, 1.807) is 9.80 Å². The molecule has 1 aromatic heterocycles. The van der Waals surface area contributed by atoms with Crippen molar-refractivity contribution in [3.05, 3.63) is 16.2 Å². The Morgan fingerprint density at radius 1 is 1.33 bits per heavy atom. The number of sulfone groups is 1. The van der Waals surface area contributed by atoms with Crippen molar-refractivity contribution in [1.82, 2.24) is 4.90 Å². The van der Waals surface area contributed by atoms with Crippen LogP contribution in [0.2, 0.25) is 0 Å². The van der Waals surface area contributed by atoms with Crippen LogP contribution in [0.15, 0.2) is 10.3 Å². The van der Waals surface area contributed by atoms with Gasteiger partial charge in [-0.25, -0.2) is 8.42 Å². The van der Waals surface area contributed by atoms with Gasteiger partial charge in [0.2, 0.25) is 5.91 Å². The predicted octanol–water partition coefficient (Wildman–Crippen LogP) is 0.728. The summed E-state index contributed by atoms with van der Waals surface area (Å²) in [6.45, 7) is 3.32. The fourth-order valence-corrected chi connectivity index (χ4v) is 4.19. The van der Waals surface area contributed by atoms with Gasteiger partial charge in [0, 0.05) is 45.4 Å². The molecule has 8 nitrogen and oxygen atoms in total. The van der Waals surface area contributed by atoms with E-state index in [1.807, 2.05) is 0 Å². The van der Waals surface area contributed by atoms with E-state index in [-0.39, 0.29) is 15.8 Å². The molecule has 0 spiro atoms. The Hall–Kier alpha value is -1.68. The summed E-state index contributed by atoms with van der Waals surface area (Å²) >= 11 is 0.904. The highest BCUT2D eigenvalue weighted by Crippen LogP contribution is 2.40. The molecule has 116 valence electrons.